The first-order chi connectivity index (χ1) is 21.5. The Balaban J connectivity index is 1.82. The van der Waals surface area contributed by atoms with Gasteiger partial charge in [0, 0.05) is 31.6 Å². The number of hydrogen-bond acceptors (Lipinski definition) is 6. The van der Waals surface area contributed by atoms with Crippen molar-refractivity contribution >= 4 is 23.7 Å². The van der Waals surface area contributed by atoms with E-state index in [2.05, 4.69) is 29.4 Å². The zero-order valence-electron chi connectivity index (χ0n) is 29.6. The highest BCUT2D eigenvalue weighted by molar-refractivity contribution is 5.91. The minimum atomic E-state index is -0.941. The van der Waals surface area contributed by atoms with Crippen LogP contribution in [0.15, 0.2) is 30.3 Å². The van der Waals surface area contributed by atoms with E-state index < -0.39 is 41.0 Å². The summed E-state index contributed by atoms with van der Waals surface area (Å²) in [5.74, 6) is -1.39. The molecule has 3 N–H and O–H groups in total. The summed E-state index contributed by atoms with van der Waals surface area (Å²) in [6.45, 7) is 15.7. The minimum Gasteiger partial charge on any atom is -0.480 e. The van der Waals surface area contributed by atoms with Crippen LogP contribution in [0.25, 0.3) is 0 Å². The van der Waals surface area contributed by atoms with Crippen molar-refractivity contribution in [1.82, 2.24) is 25.3 Å². The van der Waals surface area contributed by atoms with E-state index in [1.54, 1.807) is 23.9 Å². The summed E-state index contributed by atoms with van der Waals surface area (Å²) in [5.41, 5.74) is -0.0894. The van der Waals surface area contributed by atoms with Gasteiger partial charge in [0.05, 0.1) is 12.1 Å². The molecule has 5 atom stereocenters. The average Bonchev–Trinajstić information content (AvgIpc) is 3.01. The predicted molar refractivity (Wildman–Crippen MR) is 181 cm³/mol. The SMILES string of the molecule is CNC(C(=O)N[C@H](C(=O)N(C)[C@H](CN1CCCC[C@H]1C(=O)N1CCCC[C@H]1C(=O)O)C(C)C)C(C)(C)C)C(C)(C)c1ccccc1. The highest BCUT2D eigenvalue weighted by Crippen LogP contribution is 2.30. The number of benzene rings is 1. The van der Waals surface area contributed by atoms with Crippen LogP contribution in [-0.2, 0) is 24.6 Å². The lowest BCUT2D eigenvalue weighted by atomic mass is 9.76. The molecule has 0 saturated carbocycles. The van der Waals surface area contributed by atoms with Gasteiger partial charge in [-0.2, -0.15) is 0 Å². The highest BCUT2D eigenvalue weighted by Gasteiger charge is 2.43. The van der Waals surface area contributed by atoms with Gasteiger partial charge in [-0.3, -0.25) is 19.3 Å². The first-order valence-electron chi connectivity index (χ1n) is 17.1. The maximum Gasteiger partial charge on any atom is 0.326 e. The normalized spacial score (nSPS) is 21.7. The Morgan fingerprint density at radius 2 is 1.50 bits per heavy atom. The summed E-state index contributed by atoms with van der Waals surface area (Å²) in [5, 5.41) is 16.1. The van der Waals surface area contributed by atoms with Crippen molar-refractivity contribution in [2.24, 2.45) is 11.3 Å². The molecule has 1 aromatic carbocycles. The van der Waals surface area contributed by atoms with Crippen LogP contribution < -0.4 is 10.6 Å². The number of hydrogen-bond donors (Lipinski definition) is 3. The van der Waals surface area contributed by atoms with Crippen molar-refractivity contribution in [2.45, 2.75) is 123 Å². The van der Waals surface area contributed by atoms with Gasteiger partial charge in [0.1, 0.15) is 12.1 Å². The van der Waals surface area contributed by atoms with Crippen LogP contribution in [0.5, 0.6) is 0 Å². The molecular formula is C36H59N5O5. The summed E-state index contributed by atoms with van der Waals surface area (Å²) in [6, 6.07) is 7.12. The summed E-state index contributed by atoms with van der Waals surface area (Å²) in [7, 11) is 3.57. The topological polar surface area (TPSA) is 122 Å². The number of nitrogens with zero attached hydrogens (tertiary/aromatic N) is 3. The summed E-state index contributed by atoms with van der Waals surface area (Å²) < 4.78 is 0. The van der Waals surface area contributed by atoms with Gasteiger partial charge in [-0.25, -0.2) is 4.79 Å². The fourth-order valence-corrected chi connectivity index (χ4v) is 7.25. The lowest BCUT2D eigenvalue weighted by molar-refractivity contribution is -0.155. The van der Waals surface area contributed by atoms with Gasteiger partial charge < -0.3 is 25.5 Å². The van der Waals surface area contributed by atoms with Crippen molar-refractivity contribution in [3.63, 3.8) is 0 Å². The van der Waals surface area contributed by atoms with Gasteiger partial charge in [0.15, 0.2) is 0 Å². The number of carbonyl (C=O) groups is 4. The Bertz CT molecular complexity index is 1200. The number of rotatable bonds is 12. The smallest absolute Gasteiger partial charge is 0.326 e. The largest absolute Gasteiger partial charge is 0.480 e. The third-order valence-corrected chi connectivity index (χ3v) is 10.2. The quantitative estimate of drug-likeness (QED) is 0.317. The first kappa shape index (κ1) is 37.5. The molecule has 2 fully saturated rings. The second-order valence-corrected chi connectivity index (χ2v) is 15.3. The molecule has 46 heavy (non-hydrogen) atoms. The van der Waals surface area contributed by atoms with Gasteiger partial charge in [-0.15, -0.1) is 0 Å². The van der Waals surface area contributed by atoms with Gasteiger partial charge in [-0.1, -0.05) is 85.2 Å². The van der Waals surface area contributed by atoms with E-state index in [-0.39, 0.29) is 29.7 Å². The molecule has 2 heterocycles. The molecule has 1 aromatic rings. The Hall–Kier alpha value is -2.98. The van der Waals surface area contributed by atoms with Crippen LogP contribution in [0.2, 0.25) is 0 Å². The van der Waals surface area contributed by atoms with Crippen LogP contribution >= 0.6 is 0 Å². The Kier molecular flexibility index (Phi) is 12.8. The summed E-state index contributed by atoms with van der Waals surface area (Å²) >= 11 is 0. The molecule has 0 aromatic heterocycles. The number of carboxylic acids is 1. The molecule has 258 valence electrons. The number of amides is 3. The Morgan fingerprint density at radius 3 is 2.04 bits per heavy atom. The van der Waals surface area contributed by atoms with Gasteiger partial charge in [-0.05, 0) is 62.6 Å². The van der Waals surface area contributed by atoms with E-state index in [0.29, 0.717) is 32.5 Å². The number of piperidine rings is 2. The first-order valence-corrected chi connectivity index (χ1v) is 17.1. The maximum atomic E-state index is 14.4. The minimum absolute atomic E-state index is 0.0757. The van der Waals surface area contributed by atoms with E-state index in [1.807, 2.05) is 65.0 Å². The third kappa shape index (κ3) is 8.68. The molecule has 3 amide bonds. The van der Waals surface area contributed by atoms with Crippen molar-refractivity contribution in [3.05, 3.63) is 35.9 Å². The second kappa shape index (κ2) is 15.7. The van der Waals surface area contributed by atoms with Gasteiger partial charge in [0.25, 0.3) is 0 Å². The number of carbonyl (C=O) groups excluding carboxylic acids is 3. The predicted octanol–water partition coefficient (Wildman–Crippen LogP) is 3.89. The van der Waals surface area contributed by atoms with Gasteiger partial charge >= 0.3 is 5.97 Å². The van der Waals surface area contributed by atoms with Crippen LogP contribution in [-0.4, -0.2) is 107 Å². The Morgan fingerprint density at radius 1 is 0.913 bits per heavy atom. The number of nitrogens with one attached hydrogen (secondary N) is 2. The lowest BCUT2D eigenvalue weighted by Gasteiger charge is -2.45. The van der Waals surface area contributed by atoms with Crippen LogP contribution in [0.4, 0.5) is 0 Å². The molecule has 3 rings (SSSR count). The Labute approximate surface area is 276 Å². The zero-order chi connectivity index (χ0) is 34.4. The molecule has 2 aliphatic heterocycles. The second-order valence-electron chi connectivity index (χ2n) is 15.3. The van der Waals surface area contributed by atoms with E-state index in [9.17, 15) is 24.3 Å². The monoisotopic (exact) mass is 641 g/mol. The molecule has 0 spiro atoms. The molecule has 0 bridgehead atoms. The number of likely N-dealkylation sites (tertiary alicyclic amines) is 2. The van der Waals surface area contributed by atoms with Crippen molar-refractivity contribution in [1.29, 1.82) is 0 Å². The molecular weight excluding hydrogens is 582 g/mol. The number of aliphatic carboxylic acids is 1. The van der Waals surface area contributed by atoms with Crippen LogP contribution in [0.3, 0.4) is 0 Å². The number of likely N-dealkylation sites (N-methyl/N-ethyl adjacent to an activating group) is 2. The molecule has 0 aliphatic carbocycles. The van der Waals surface area contributed by atoms with Crippen molar-refractivity contribution < 1.29 is 24.3 Å². The highest BCUT2D eigenvalue weighted by atomic mass is 16.4. The summed E-state index contributed by atoms with van der Waals surface area (Å²) in [4.78, 5) is 59.6. The van der Waals surface area contributed by atoms with Crippen LogP contribution in [0, 0.1) is 11.3 Å². The van der Waals surface area contributed by atoms with Crippen molar-refractivity contribution in [3.8, 4) is 0 Å². The summed E-state index contributed by atoms with van der Waals surface area (Å²) in [6.07, 6.45) is 4.62. The average molecular weight is 642 g/mol. The zero-order valence-corrected chi connectivity index (χ0v) is 29.6. The van der Waals surface area contributed by atoms with Gasteiger partial charge in [0.2, 0.25) is 17.7 Å². The standard InChI is InChI=1S/C36H59N5O5/c1-24(2)28(23-40-21-15-13-19-26(40)32(43)41-22-16-14-20-27(41)34(45)46)39(9)33(44)30(35(3,4)5)38-31(42)29(37-8)36(6,7)25-17-11-10-12-18-25/h10-12,17-18,24,26-30,37H,13-16,19-23H2,1-9H3,(H,38,42)(H,45,46)/t26-,27-,28+,29?,30+/m0/s1. The van der Waals surface area contributed by atoms with E-state index in [0.717, 1.165) is 31.2 Å². The molecule has 1 unspecified atom stereocenters. The molecule has 2 saturated heterocycles. The maximum absolute atomic E-state index is 14.4. The van der Waals surface area contributed by atoms with Crippen molar-refractivity contribution in [2.75, 3.05) is 33.7 Å². The van der Waals surface area contributed by atoms with E-state index in [1.165, 1.54) is 0 Å². The molecule has 0 radical (unpaired) electrons. The molecule has 10 heteroatoms. The third-order valence-electron chi connectivity index (χ3n) is 10.2. The fraction of sp³-hybridized carbons (Fsp3) is 0.722. The lowest BCUT2D eigenvalue weighted by Crippen LogP contribution is -2.63. The van der Waals surface area contributed by atoms with E-state index in [4.69, 9.17) is 0 Å². The van der Waals surface area contributed by atoms with Crippen LogP contribution in [0.1, 0.15) is 92.6 Å². The molecule has 2 aliphatic rings. The number of carboxylic acid groups (broad SMARTS) is 1. The molecule has 10 nitrogen and oxygen atoms in total. The van der Waals surface area contributed by atoms with E-state index >= 15 is 0 Å². The fourth-order valence-electron chi connectivity index (χ4n) is 7.25.